The van der Waals surface area contributed by atoms with Crippen LogP contribution in [-0.4, -0.2) is 62.0 Å². The highest BCUT2D eigenvalue weighted by Crippen LogP contribution is 2.55. The molecule has 15 rings (SSSR count). The Hall–Kier alpha value is -10.4. The second-order valence-electron chi connectivity index (χ2n) is 24.2. The fourth-order valence-corrected chi connectivity index (χ4v) is 11.8. The molecular formula is C72H60Cl2F6N6O11. The van der Waals surface area contributed by atoms with E-state index in [0.29, 0.717) is 83.9 Å². The zero-order valence-electron chi connectivity index (χ0n) is 52.3. The minimum Gasteiger partial charge on any atom is -0.478 e. The Labute approximate surface area is 562 Å². The molecule has 5 N–H and O–H groups in total. The smallest absolute Gasteiger partial charge is 0.478 e. The zero-order chi connectivity index (χ0) is 68.3. The number of pyridine rings is 3. The Bertz CT molecular complexity index is 4620. The number of amides is 2. The number of aromatic carboxylic acids is 1. The van der Waals surface area contributed by atoms with Crippen molar-refractivity contribution in [2.75, 3.05) is 16.4 Å². The van der Waals surface area contributed by atoms with Crippen LogP contribution in [0.4, 0.5) is 43.8 Å². The van der Waals surface area contributed by atoms with Gasteiger partial charge in [-0.15, -0.1) is 38.7 Å². The third kappa shape index (κ3) is 14.6. The molecule has 3 saturated carbocycles. The van der Waals surface area contributed by atoms with Crippen molar-refractivity contribution >= 4 is 64.5 Å². The summed E-state index contributed by atoms with van der Waals surface area (Å²) in [5.41, 5.74) is 15.6. The molecule has 25 heteroatoms. The molecule has 6 aliphatic rings. The summed E-state index contributed by atoms with van der Waals surface area (Å²) in [6.07, 6.45) is -7.45. The minimum atomic E-state index is -3.72. The maximum atomic E-state index is 13.3. The summed E-state index contributed by atoms with van der Waals surface area (Å²) < 4.78 is 105. The van der Waals surface area contributed by atoms with Crippen molar-refractivity contribution in [1.82, 2.24) is 15.0 Å². The number of nitrogens with zero attached hydrogens (tertiary/aromatic N) is 3. The average molecular weight is 1370 g/mol. The van der Waals surface area contributed by atoms with Gasteiger partial charge in [0.1, 0.15) is 17.5 Å². The normalized spacial score (nSPS) is 16.7. The number of alkyl halides is 6. The van der Waals surface area contributed by atoms with Crippen molar-refractivity contribution < 1.29 is 79.0 Å². The number of carbonyl (C=O) groups is 4. The van der Waals surface area contributed by atoms with E-state index < -0.39 is 46.3 Å². The van der Waals surface area contributed by atoms with Crippen LogP contribution in [0.2, 0.25) is 0 Å². The van der Waals surface area contributed by atoms with Crippen LogP contribution in [0.15, 0.2) is 164 Å². The summed E-state index contributed by atoms with van der Waals surface area (Å²) in [6.45, 7) is 9.95. The Morgan fingerprint density at radius 2 is 0.773 bits per heavy atom. The molecule has 3 aliphatic heterocycles. The maximum Gasteiger partial charge on any atom is 0.586 e. The van der Waals surface area contributed by atoms with Gasteiger partial charge in [-0.25, -0.2) is 19.7 Å². The molecule has 500 valence electrons. The molecule has 2 amide bonds. The fraction of sp³-hybridized carbons (Fsp3) is 0.236. The Morgan fingerprint density at radius 3 is 1.13 bits per heavy atom. The monoisotopic (exact) mass is 1370 g/mol. The molecule has 3 fully saturated rings. The lowest BCUT2D eigenvalue weighted by atomic mass is 9.94. The molecule has 17 nitrogen and oxygen atoms in total. The first-order chi connectivity index (χ1) is 45.5. The molecule has 0 radical (unpaired) electrons. The van der Waals surface area contributed by atoms with Gasteiger partial charge < -0.3 is 49.9 Å². The SMILES string of the molecule is Cc1ccc(NC(=O)C2(c3ccc4c(c3)OC(F)(F)O4)CC2)nc1-c1cccc(C(=O)O)c1.Cc1cccc(-c2nc(N)ccc2C)c1.Cc1cccc(-c2nc(NC(=O)C3(c4ccc5c(c4)OC(F)(F)O5)CC3)ccc2C)c1.Cl.O=C(Cl)C1(c2ccc3c(c2)OC(F)(F)O3)CC1. The number of nitrogens with one attached hydrogen (secondary N) is 2. The van der Waals surface area contributed by atoms with Crippen LogP contribution < -0.4 is 44.8 Å². The Morgan fingerprint density at radius 1 is 0.433 bits per heavy atom. The molecule has 0 saturated heterocycles. The van der Waals surface area contributed by atoms with E-state index in [9.17, 15) is 50.6 Å². The highest BCUT2D eigenvalue weighted by Gasteiger charge is 2.55. The van der Waals surface area contributed by atoms with E-state index in [4.69, 9.17) is 17.3 Å². The van der Waals surface area contributed by atoms with Crippen molar-refractivity contribution in [3.05, 3.63) is 214 Å². The number of rotatable bonds is 12. The number of carbonyl (C=O) groups excluding carboxylic acids is 3. The number of ether oxygens (including phenoxy) is 6. The van der Waals surface area contributed by atoms with Crippen molar-refractivity contribution in [2.45, 2.75) is 108 Å². The van der Waals surface area contributed by atoms with Gasteiger partial charge in [0.25, 0.3) is 0 Å². The lowest BCUT2D eigenvalue weighted by molar-refractivity contribution is -0.287. The summed E-state index contributed by atoms with van der Waals surface area (Å²) in [5.74, 6) is -0.616. The first-order valence-corrected chi connectivity index (χ1v) is 30.6. The van der Waals surface area contributed by atoms with Gasteiger partial charge in [0.2, 0.25) is 17.1 Å². The van der Waals surface area contributed by atoms with E-state index in [0.717, 1.165) is 44.8 Å². The Balaban J connectivity index is 0.000000137. The van der Waals surface area contributed by atoms with Gasteiger partial charge >= 0.3 is 24.9 Å². The summed E-state index contributed by atoms with van der Waals surface area (Å²) in [4.78, 5) is 62.4. The van der Waals surface area contributed by atoms with Gasteiger partial charge in [-0.05, 0) is 197 Å². The summed E-state index contributed by atoms with van der Waals surface area (Å²) in [6, 6.07) is 46.9. The van der Waals surface area contributed by atoms with E-state index in [2.05, 4.69) is 79.1 Å². The fourth-order valence-electron chi connectivity index (χ4n) is 11.5. The highest BCUT2D eigenvalue weighted by atomic mass is 35.5. The lowest BCUT2D eigenvalue weighted by Crippen LogP contribution is -2.28. The van der Waals surface area contributed by atoms with Gasteiger partial charge in [-0.3, -0.25) is 14.4 Å². The number of benzene rings is 6. The molecule has 0 atom stereocenters. The summed E-state index contributed by atoms with van der Waals surface area (Å²) >= 11 is 5.51. The van der Waals surface area contributed by atoms with Crippen LogP contribution >= 0.6 is 24.0 Å². The van der Waals surface area contributed by atoms with Gasteiger partial charge in [0.05, 0.1) is 38.9 Å². The van der Waals surface area contributed by atoms with Gasteiger partial charge in [0.15, 0.2) is 34.5 Å². The number of aromatic nitrogens is 3. The van der Waals surface area contributed by atoms with Gasteiger partial charge in [0, 0.05) is 16.7 Å². The molecule has 6 heterocycles. The molecule has 0 spiro atoms. The van der Waals surface area contributed by atoms with Crippen molar-refractivity contribution in [2.24, 2.45) is 0 Å². The minimum absolute atomic E-state index is 0. The van der Waals surface area contributed by atoms with Gasteiger partial charge in [-0.2, -0.15) is 0 Å². The molecular weight excluding hydrogens is 1310 g/mol. The van der Waals surface area contributed by atoms with E-state index in [-0.39, 0.29) is 64.3 Å². The van der Waals surface area contributed by atoms with Crippen LogP contribution in [0, 0.1) is 34.6 Å². The number of nitrogen functional groups attached to an aromatic ring is 1. The third-order valence-corrected chi connectivity index (χ3v) is 17.5. The first kappa shape index (κ1) is 68.0. The number of anilines is 3. The average Bonchev–Trinajstić information content (AvgIpc) is 1.61. The standard InChI is InChI=1S/C24H18F2N2O5.C24H20F2N2O3.C13H14N2.C11H7ClF2O3.ClH/c1-13-5-8-19(27-20(13)14-3-2-4-15(11-14)21(29)30)28-22(31)23(9-10-23)16-6-7-17-18(12-16)33-24(25,26)32-17;1-14-4-3-5-16(12-14)21-15(2)6-9-20(27-21)28-22(29)23(10-11-23)17-7-8-18-19(13-17)31-24(25,26)30-18;1-9-4-3-5-11(8-9)13-10(2)6-7-12(14)15-13;12-9(15)10(3-4-10)6-1-2-7-8(5-6)17-11(13,14)16-7;/h2-8,11-12H,9-10H2,1H3,(H,29,30)(H,27,28,31);3-9,12-13H,10-11H2,1-2H3,(H,27,28,29);3-8H,1-2H3,(H2,14,15);1-2,5H,3-4H2;1H. The molecule has 0 bridgehead atoms. The summed E-state index contributed by atoms with van der Waals surface area (Å²) in [7, 11) is 0. The third-order valence-electron chi connectivity index (χ3n) is 17.1. The van der Waals surface area contributed by atoms with Crippen molar-refractivity contribution in [3.63, 3.8) is 0 Å². The number of aryl methyl sites for hydroxylation is 5. The predicted octanol–water partition coefficient (Wildman–Crippen LogP) is 16.3. The van der Waals surface area contributed by atoms with Crippen molar-refractivity contribution in [3.8, 4) is 68.3 Å². The number of carboxylic acid groups (broad SMARTS) is 1. The summed E-state index contributed by atoms with van der Waals surface area (Å²) in [5, 5.41) is 14.5. The van der Waals surface area contributed by atoms with Crippen LogP contribution in [0.5, 0.6) is 34.5 Å². The van der Waals surface area contributed by atoms with E-state index in [1.165, 1.54) is 54.1 Å². The van der Waals surface area contributed by atoms with Crippen LogP contribution in [0.1, 0.15) is 93.4 Å². The van der Waals surface area contributed by atoms with Crippen LogP contribution in [0.3, 0.4) is 0 Å². The number of hydrogen-bond acceptors (Lipinski definition) is 14. The maximum absolute atomic E-state index is 13.3. The highest BCUT2D eigenvalue weighted by molar-refractivity contribution is 6.66. The molecule has 97 heavy (non-hydrogen) atoms. The topological polar surface area (TPSA) is 233 Å². The van der Waals surface area contributed by atoms with Crippen LogP contribution in [0.25, 0.3) is 33.8 Å². The van der Waals surface area contributed by atoms with E-state index >= 15 is 0 Å². The molecule has 0 unspecified atom stereocenters. The second kappa shape index (κ2) is 26.0. The number of fused-ring (bicyclic) bond motifs is 3. The number of halogens is 8. The van der Waals surface area contributed by atoms with Gasteiger partial charge in [-0.1, -0.05) is 96.1 Å². The largest absolute Gasteiger partial charge is 0.586 e. The lowest BCUT2D eigenvalue weighted by Gasteiger charge is -2.17. The molecule has 3 aliphatic carbocycles. The zero-order valence-corrected chi connectivity index (χ0v) is 53.9. The predicted molar refractivity (Wildman–Crippen MR) is 350 cm³/mol. The van der Waals surface area contributed by atoms with Crippen molar-refractivity contribution in [1.29, 1.82) is 0 Å². The first-order valence-electron chi connectivity index (χ1n) is 30.2. The second-order valence-corrected chi connectivity index (χ2v) is 24.5. The number of nitrogens with two attached hydrogens (primary N) is 1. The van der Waals surface area contributed by atoms with Crippen LogP contribution in [-0.2, 0) is 30.6 Å². The quantitative estimate of drug-likeness (QED) is 0.0658. The molecule has 6 aromatic carbocycles. The number of hydrogen-bond donors (Lipinski definition) is 4. The molecule has 3 aromatic heterocycles. The van der Waals surface area contributed by atoms with E-state index in [1.807, 2.05) is 76.2 Å². The Kier molecular flexibility index (Phi) is 18.2. The molecule has 9 aromatic rings. The number of carboxylic acids is 1. The van der Waals surface area contributed by atoms with E-state index in [1.54, 1.807) is 48.5 Å².